The summed E-state index contributed by atoms with van der Waals surface area (Å²) in [5.74, 6) is 0.827. The fourth-order valence-corrected chi connectivity index (χ4v) is 3.07. The van der Waals surface area contributed by atoms with Gasteiger partial charge in [-0.15, -0.1) is 0 Å². The normalized spacial score (nSPS) is 14.0. The van der Waals surface area contributed by atoms with Crippen molar-refractivity contribution in [2.24, 2.45) is 0 Å². The number of piperazine rings is 1. The summed E-state index contributed by atoms with van der Waals surface area (Å²) in [5.41, 5.74) is 1.65. The summed E-state index contributed by atoms with van der Waals surface area (Å²) in [5, 5.41) is 0. The van der Waals surface area contributed by atoms with Crippen LogP contribution in [0.5, 0.6) is 11.5 Å². The molecule has 1 aromatic heterocycles. The molecule has 0 saturated carbocycles. The predicted molar refractivity (Wildman–Crippen MR) is 98.1 cm³/mol. The highest BCUT2D eigenvalue weighted by Gasteiger charge is 2.28. The molecule has 1 fully saturated rings. The van der Waals surface area contributed by atoms with Crippen LogP contribution < -0.4 is 9.47 Å². The zero-order valence-corrected chi connectivity index (χ0v) is 15.6. The molecule has 0 radical (unpaired) electrons. The van der Waals surface area contributed by atoms with Crippen molar-refractivity contribution in [2.45, 2.75) is 6.92 Å². The van der Waals surface area contributed by atoms with Crippen LogP contribution in [0.2, 0.25) is 0 Å². The molecule has 0 N–H and O–H groups in total. The van der Waals surface area contributed by atoms with Crippen molar-refractivity contribution in [2.75, 3.05) is 40.4 Å². The quantitative estimate of drug-likeness (QED) is 0.809. The molecule has 2 heterocycles. The number of aryl methyl sites for hydroxylation is 1. The lowest BCUT2D eigenvalue weighted by molar-refractivity contribution is 0.0530. The molecule has 0 atom stereocenters. The van der Waals surface area contributed by atoms with E-state index in [1.165, 1.54) is 25.7 Å². The topological polar surface area (TPSA) is 84.9 Å². The van der Waals surface area contributed by atoms with E-state index in [0.717, 1.165) is 5.56 Å². The molecule has 0 aliphatic carbocycles. The van der Waals surface area contributed by atoms with E-state index in [9.17, 15) is 9.59 Å². The highest BCUT2D eigenvalue weighted by Crippen LogP contribution is 2.29. The van der Waals surface area contributed by atoms with Crippen molar-refractivity contribution in [1.82, 2.24) is 19.8 Å². The fraction of sp³-hybridized carbons (Fsp3) is 0.368. The summed E-state index contributed by atoms with van der Waals surface area (Å²) in [7, 11) is 3.11. The molecule has 1 aliphatic heterocycles. The first-order chi connectivity index (χ1) is 13.0. The third-order valence-corrected chi connectivity index (χ3v) is 4.58. The van der Waals surface area contributed by atoms with Crippen LogP contribution in [0.25, 0.3) is 0 Å². The van der Waals surface area contributed by atoms with E-state index >= 15 is 0 Å². The predicted octanol–water partition coefficient (Wildman–Crippen LogP) is 1.40. The van der Waals surface area contributed by atoms with Crippen LogP contribution in [0.3, 0.4) is 0 Å². The molecule has 8 heteroatoms. The van der Waals surface area contributed by atoms with Gasteiger partial charge in [0.25, 0.3) is 11.8 Å². The highest BCUT2D eigenvalue weighted by atomic mass is 16.5. The van der Waals surface area contributed by atoms with Crippen molar-refractivity contribution in [3.63, 3.8) is 0 Å². The summed E-state index contributed by atoms with van der Waals surface area (Å²) in [6.45, 7) is 3.64. The van der Waals surface area contributed by atoms with Gasteiger partial charge in [-0.2, -0.15) is 0 Å². The Kier molecular flexibility index (Phi) is 5.54. The molecule has 27 heavy (non-hydrogen) atoms. The Morgan fingerprint density at radius 1 is 0.926 bits per heavy atom. The first kappa shape index (κ1) is 18.6. The lowest BCUT2D eigenvalue weighted by Gasteiger charge is -2.34. The molecule has 1 aromatic carbocycles. The Hall–Kier alpha value is -3.16. The first-order valence-electron chi connectivity index (χ1n) is 8.62. The average Bonchev–Trinajstić information content (AvgIpc) is 2.73. The first-order valence-corrected chi connectivity index (χ1v) is 8.62. The van der Waals surface area contributed by atoms with Crippen LogP contribution in [-0.4, -0.2) is 72.0 Å². The van der Waals surface area contributed by atoms with Crippen LogP contribution in [0, 0.1) is 6.92 Å². The molecule has 3 rings (SSSR count). The van der Waals surface area contributed by atoms with E-state index in [1.54, 1.807) is 29.0 Å². The molecule has 1 saturated heterocycles. The Labute approximate surface area is 157 Å². The maximum atomic E-state index is 13.0. The second-order valence-corrected chi connectivity index (χ2v) is 6.20. The molecule has 2 aromatic rings. The molecule has 2 amide bonds. The molecule has 0 unspecified atom stereocenters. The molecule has 0 bridgehead atoms. The van der Waals surface area contributed by atoms with E-state index in [-0.39, 0.29) is 11.8 Å². The fourth-order valence-electron chi connectivity index (χ4n) is 3.07. The summed E-state index contributed by atoms with van der Waals surface area (Å²) < 4.78 is 10.7. The second kappa shape index (κ2) is 8.03. The van der Waals surface area contributed by atoms with Gasteiger partial charge in [0.15, 0.2) is 0 Å². The Morgan fingerprint density at radius 3 is 2.11 bits per heavy atom. The van der Waals surface area contributed by atoms with E-state index in [2.05, 4.69) is 9.97 Å². The molecule has 0 spiro atoms. The number of carbonyl (C=O) groups is 2. The van der Waals surface area contributed by atoms with Crippen LogP contribution in [0.15, 0.2) is 30.7 Å². The summed E-state index contributed by atoms with van der Waals surface area (Å²) in [6.07, 6.45) is 4.46. The van der Waals surface area contributed by atoms with Gasteiger partial charge >= 0.3 is 0 Å². The van der Waals surface area contributed by atoms with Crippen molar-refractivity contribution in [1.29, 1.82) is 0 Å². The van der Waals surface area contributed by atoms with Crippen LogP contribution in [0.4, 0.5) is 0 Å². The number of nitrogens with zero attached hydrogens (tertiary/aromatic N) is 4. The molecule has 1 aliphatic rings. The van der Waals surface area contributed by atoms with Gasteiger partial charge in [0, 0.05) is 38.6 Å². The molecule has 8 nitrogen and oxygen atoms in total. The summed E-state index contributed by atoms with van der Waals surface area (Å²) in [6, 6.07) is 3.49. The standard InChI is InChI=1S/C19H22N4O4/c1-13-10-17(27-3)14(11-16(13)26-2)18(24)22-6-8-23(9-7-22)19(25)15-12-20-4-5-21-15/h4-5,10-12H,6-9H2,1-3H3. The largest absolute Gasteiger partial charge is 0.496 e. The molecular weight excluding hydrogens is 348 g/mol. The van der Waals surface area contributed by atoms with Crippen molar-refractivity contribution < 1.29 is 19.1 Å². The van der Waals surface area contributed by atoms with E-state index in [1.807, 2.05) is 6.92 Å². The number of hydrogen-bond donors (Lipinski definition) is 0. The van der Waals surface area contributed by atoms with Gasteiger partial charge in [-0.1, -0.05) is 0 Å². The lowest BCUT2D eigenvalue weighted by Crippen LogP contribution is -2.50. The minimum atomic E-state index is -0.176. The summed E-state index contributed by atoms with van der Waals surface area (Å²) >= 11 is 0. The SMILES string of the molecule is COc1cc(C(=O)N2CCN(C(=O)c3cnccn3)CC2)c(OC)cc1C. The Bertz CT molecular complexity index is 833. The number of aromatic nitrogens is 2. The minimum absolute atomic E-state index is 0.142. The van der Waals surface area contributed by atoms with Gasteiger partial charge in [-0.25, -0.2) is 4.98 Å². The maximum Gasteiger partial charge on any atom is 0.274 e. The van der Waals surface area contributed by atoms with E-state index in [4.69, 9.17) is 9.47 Å². The van der Waals surface area contributed by atoms with Gasteiger partial charge in [0.2, 0.25) is 0 Å². The third kappa shape index (κ3) is 3.84. The van der Waals surface area contributed by atoms with E-state index < -0.39 is 0 Å². The molecular formula is C19H22N4O4. The smallest absolute Gasteiger partial charge is 0.274 e. The number of methoxy groups -OCH3 is 2. The number of rotatable bonds is 4. The highest BCUT2D eigenvalue weighted by molar-refractivity contribution is 5.98. The summed E-state index contributed by atoms with van der Waals surface area (Å²) in [4.78, 5) is 36.8. The van der Waals surface area contributed by atoms with Gasteiger partial charge in [0.05, 0.1) is 26.0 Å². The van der Waals surface area contributed by atoms with Crippen molar-refractivity contribution in [3.8, 4) is 11.5 Å². The van der Waals surface area contributed by atoms with Gasteiger partial charge in [-0.3, -0.25) is 14.6 Å². The Morgan fingerprint density at radius 2 is 1.56 bits per heavy atom. The number of benzene rings is 1. The van der Waals surface area contributed by atoms with Crippen LogP contribution >= 0.6 is 0 Å². The van der Waals surface area contributed by atoms with Crippen LogP contribution in [-0.2, 0) is 0 Å². The van der Waals surface area contributed by atoms with Gasteiger partial charge in [-0.05, 0) is 24.6 Å². The maximum absolute atomic E-state index is 13.0. The van der Waals surface area contributed by atoms with Gasteiger partial charge in [0.1, 0.15) is 17.2 Å². The number of ether oxygens (including phenoxy) is 2. The molecule has 142 valence electrons. The second-order valence-electron chi connectivity index (χ2n) is 6.20. The number of amides is 2. The van der Waals surface area contributed by atoms with Crippen molar-refractivity contribution in [3.05, 3.63) is 47.5 Å². The van der Waals surface area contributed by atoms with E-state index in [0.29, 0.717) is 48.9 Å². The van der Waals surface area contributed by atoms with Crippen LogP contribution in [0.1, 0.15) is 26.4 Å². The number of carbonyl (C=O) groups excluding carboxylic acids is 2. The zero-order valence-electron chi connectivity index (χ0n) is 15.6. The zero-order chi connectivity index (χ0) is 19.4. The monoisotopic (exact) mass is 370 g/mol. The number of hydrogen-bond acceptors (Lipinski definition) is 6. The average molecular weight is 370 g/mol. The third-order valence-electron chi connectivity index (χ3n) is 4.58. The minimum Gasteiger partial charge on any atom is -0.496 e. The Balaban J connectivity index is 1.71. The van der Waals surface area contributed by atoms with Gasteiger partial charge < -0.3 is 19.3 Å². The van der Waals surface area contributed by atoms with Crippen molar-refractivity contribution >= 4 is 11.8 Å². The lowest BCUT2D eigenvalue weighted by atomic mass is 10.1.